The van der Waals surface area contributed by atoms with Crippen LogP contribution in [-0.2, 0) is 4.79 Å². The van der Waals surface area contributed by atoms with Crippen molar-refractivity contribution in [1.29, 1.82) is 0 Å². The lowest BCUT2D eigenvalue weighted by Crippen LogP contribution is -2.40. The van der Waals surface area contributed by atoms with E-state index >= 15 is 0 Å². The SMILES string of the molecule is CC1CCC(N(C)C(=O)CCNC(=O)c2ccc(F)cc2F)CC1. The highest BCUT2D eigenvalue weighted by molar-refractivity contribution is 5.94. The molecule has 0 heterocycles. The van der Waals surface area contributed by atoms with Gasteiger partial charge in [0.05, 0.1) is 5.56 Å². The van der Waals surface area contributed by atoms with Gasteiger partial charge in [0.15, 0.2) is 0 Å². The Morgan fingerprint density at radius 1 is 1.21 bits per heavy atom. The monoisotopic (exact) mass is 338 g/mol. The molecule has 0 aliphatic heterocycles. The van der Waals surface area contributed by atoms with Gasteiger partial charge in [0.2, 0.25) is 5.91 Å². The number of rotatable bonds is 5. The van der Waals surface area contributed by atoms with Crippen molar-refractivity contribution in [3.8, 4) is 0 Å². The van der Waals surface area contributed by atoms with Crippen LogP contribution in [0.15, 0.2) is 18.2 Å². The van der Waals surface area contributed by atoms with Gasteiger partial charge in [0, 0.05) is 32.1 Å². The molecule has 1 aromatic rings. The lowest BCUT2D eigenvalue weighted by molar-refractivity contribution is -0.132. The van der Waals surface area contributed by atoms with Gasteiger partial charge >= 0.3 is 0 Å². The normalized spacial score (nSPS) is 20.5. The van der Waals surface area contributed by atoms with Crippen LogP contribution in [-0.4, -0.2) is 36.3 Å². The van der Waals surface area contributed by atoms with Gasteiger partial charge < -0.3 is 10.2 Å². The highest BCUT2D eigenvalue weighted by Crippen LogP contribution is 2.26. The number of carbonyl (C=O) groups excluding carboxylic acids is 2. The molecule has 4 nitrogen and oxygen atoms in total. The highest BCUT2D eigenvalue weighted by atomic mass is 19.1. The van der Waals surface area contributed by atoms with Crippen molar-refractivity contribution in [3.63, 3.8) is 0 Å². The molecule has 2 rings (SSSR count). The summed E-state index contributed by atoms with van der Waals surface area (Å²) in [5.41, 5.74) is -0.224. The Morgan fingerprint density at radius 2 is 1.88 bits per heavy atom. The van der Waals surface area contributed by atoms with Gasteiger partial charge in [-0.15, -0.1) is 0 Å². The lowest BCUT2D eigenvalue weighted by Gasteiger charge is -2.33. The number of benzene rings is 1. The molecular formula is C18H24F2N2O2. The summed E-state index contributed by atoms with van der Waals surface area (Å²) in [5, 5.41) is 2.51. The Bertz CT molecular complexity index is 599. The van der Waals surface area contributed by atoms with Crippen molar-refractivity contribution in [2.24, 2.45) is 5.92 Å². The molecule has 1 aliphatic rings. The van der Waals surface area contributed by atoms with Crippen LogP contribution in [0.4, 0.5) is 8.78 Å². The maximum atomic E-state index is 13.5. The first kappa shape index (κ1) is 18.4. The number of hydrogen-bond acceptors (Lipinski definition) is 2. The summed E-state index contributed by atoms with van der Waals surface area (Å²) in [4.78, 5) is 25.8. The molecule has 0 unspecified atom stereocenters. The van der Waals surface area contributed by atoms with Crippen LogP contribution >= 0.6 is 0 Å². The average Bonchev–Trinajstić information content (AvgIpc) is 2.54. The van der Waals surface area contributed by atoms with E-state index in [0.29, 0.717) is 6.07 Å². The summed E-state index contributed by atoms with van der Waals surface area (Å²) in [6.07, 6.45) is 4.44. The Labute approximate surface area is 141 Å². The van der Waals surface area contributed by atoms with E-state index in [0.717, 1.165) is 43.7 Å². The van der Waals surface area contributed by atoms with Crippen molar-refractivity contribution in [2.75, 3.05) is 13.6 Å². The molecule has 24 heavy (non-hydrogen) atoms. The first-order valence-corrected chi connectivity index (χ1v) is 8.37. The van der Waals surface area contributed by atoms with E-state index in [-0.39, 0.29) is 30.5 Å². The first-order valence-electron chi connectivity index (χ1n) is 8.37. The van der Waals surface area contributed by atoms with Gasteiger partial charge in [-0.05, 0) is 43.7 Å². The molecule has 0 bridgehead atoms. The second-order valence-corrected chi connectivity index (χ2v) is 6.55. The van der Waals surface area contributed by atoms with Gasteiger partial charge in [-0.25, -0.2) is 8.78 Å². The fraction of sp³-hybridized carbons (Fsp3) is 0.556. The molecule has 1 N–H and O–H groups in total. The summed E-state index contributed by atoms with van der Waals surface area (Å²) in [7, 11) is 1.80. The molecular weight excluding hydrogens is 314 g/mol. The van der Waals surface area contributed by atoms with Gasteiger partial charge in [0.1, 0.15) is 11.6 Å². The van der Waals surface area contributed by atoms with Crippen molar-refractivity contribution in [3.05, 3.63) is 35.4 Å². The van der Waals surface area contributed by atoms with Crippen molar-refractivity contribution >= 4 is 11.8 Å². The van der Waals surface area contributed by atoms with Crippen molar-refractivity contribution in [1.82, 2.24) is 10.2 Å². The van der Waals surface area contributed by atoms with Gasteiger partial charge in [0.25, 0.3) is 5.91 Å². The smallest absolute Gasteiger partial charge is 0.254 e. The zero-order valence-electron chi connectivity index (χ0n) is 14.1. The van der Waals surface area contributed by atoms with E-state index in [4.69, 9.17) is 0 Å². The van der Waals surface area contributed by atoms with E-state index in [2.05, 4.69) is 12.2 Å². The second-order valence-electron chi connectivity index (χ2n) is 6.55. The fourth-order valence-electron chi connectivity index (χ4n) is 3.06. The average molecular weight is 338 g/mol. The molecule has 0 radical (unpaired) electrons. The van der Waals surface area contributed by atoms with E-state index in [1.807, 2.05) is 0 Å². The zero-order chi connectivity index (χ0) is 17.7. The molecule has 1 aromatic carbocycles. The Morgan fingerprint density at radius 3 is 2.50 bits per heavy atom. The molecule has 6 heteroatoms. The Kier molecular flexibility index (Phi) is 6.29. The number of hydrogen-bond donors (Lipinski definition) is 1. The van der Waals surface area contributed by atoms with Crippen LogP contribution in [0.3, 0.4) is 0 Å². The van der Waals surface area contributed by atoms with Crippen LogP contribution < -0.4 is 5.32 Å². The summed E-state index contributed by atoms with van der Waals surface area (Å²) >= 11 is 0. The third kappa shape index (κ3) is 4.76. The lowest BCUT2D eigenvalue weighted by atomic mass is 9.86. The minimum atomic E-state index is -0.910. The van der Waals surface area contributed by atoms with Crippen LogP contribution in [0.5, 0.6) is 0 Å². The van der Waals surface area contributed by atoms with E-state index in [9.17, 15) is 18.4 Å². The van der Waals surface area contributed by atoms with Crippen molar-refractivity contribution in [2.45, 2.75) is 45.1 Å². The van der Waals surface area contributed by atoms with E-state index in [1.165, 1.54) is 0 Å². The molecule has 0 saturated heterocycles. The number of carbonyl (C=O) groups is 2. The summed E-state index contributed by atoms with van der Waals surface area (Å²) < 4.78 is 26.4. The van der Waals surface area contributed by atoms with E-state index in [1.54, 1.807) is 11.9 Å². The molecule has 1 saturated carbocycles. The third-order valence-electron chi connectivity index (χ3n) is 4.73. The van der Waals surface area contributed by atoms with Gasteiger partial charge in [-0.1, -0.05) is 6.92 Å². The number of nitrogens with zero attached hydrogens (tertiary/aromatic N) is 1. The summed E-state index contributed by atoms with van der Waals surface area (Å²) in [6.45, 7) is 2.35. The zero-order valence-corrected chi connectivity index (χ0v) is 14.1. The largest absolute Gasteiger partial charge is 0.351 e. The summed E-state index contributed by atoms with van der Waals surface area (Å²) in [5.74, 6) is -1.60. The Balaban J connectivity index is 1.78. The minimum Gasteiger partial charge on any atom is -0.351 e. The summed E-state index contributed by atoms with van der Waals surface area (Å²) in [6, 6.07) is 3.05. The standard InChI is InChI=1S/C18H24F2N2O2/c1-12-3-6-14(7-4-12)22(2)17(23)9-10-21-18(24)15-8-5-13(19)11-16(15)20/h5,8,11-12,14H,3-4,6-7,9-10H2,1-2H3,(H,21,24). The minimum absolute atomic E-state index is 0.0329. The maximum Gasteiger partial charge on any atom is 0.254 e. The fourth-order valence-corrected chi connectivity index (χ4v) is 3.06. The van der Waals surface area contributed by atoms with E-state index < -0.39 is 17.5 Å². The van der Waals surface area contributed by atoms with Crippen LogP contribution in [0.2, 0.25) is 0 Å². The topological polar surface area (TPSA) is 49.4 Å². The number of nitrogens with one attached hydrogen (secondary N) is 1. The quantitative estimate of drug-likeness (QED) is 0.897. The van der Waals surface area contributed by atoms with Crippen LogP contribution in [0.1, 0.15) is 49.4 Å². The number of amides is 2. The number of halogens is 2. The van der Waals surface area contributed by atoms with Gasteiger partial charge in [-0.2, -0.15) is 0 Å². The molecule has 1 fully saturated rings. The van der Waals surface area contributed by atoms with Crippen LogP contribution in [0.25, 0.3) is 0 Å². The molecule has 1 aliphatic carbocycles. The molecule has 2 amide bonds. The maximum absolute atomic E-state index is 13.5. The predicted molar refractivity (Wildman–Crippen MR) is 87.5 cm³/mol. The van der Waals surface area contributed by atoms with Crippen molar-refractivity contribution < 1.29 is 18.4 Å². The van der Waals surface area contributed by atoms with Crippen LogP contribution in [0, 0.1) is 17.6 Å². The first-order chi connectivity index (χ1) is 11.4. The molecule has 0 aromatic heterocycles. The molecule has 0 spiro atoms. The highest BCUT2D eigenvalue weighted by Gasteiger charge is 2.24. The molecule has 0 atom stereocenters. The second kappa shape index (κ2) is 8.22. The Hall–Kier alpha value is -1.98. The molecule has 132 valence electrons. The predicted octanol–water partition coefficient (Wildman–Crippen LogP) is 3.12. The van der Waals surface area contributed by atoms with Gasteiger partial charge in [-0.3, -0.25) is 9.59 Å². The third-order valence-corrected chi connectivity index (χ3v) is 4.73.